The van der Waals surface area contributed by atoms with E-state index in [0.29, 0.717) is 31.0 Å². The molecule has 0 aliphatic heterocycles. The van der Waals surface area contributed by atoms with Crippen LogP contribution in [0.25, 0.3) is 0 Å². The molecule has 1 unspecified atom stereocenters. The number of ether oxygens (including phenoxy) is 1. The lowest BCUT2D eigenvalue weighted by Crippen LogP contribution is -2.29. The van der Waals surface area contributed by atoms with E-state index in [1.165, 1.54) is 7.11 Å². The van der Waals surface area contributed by atoms with Gasteiger partial charge in [-0.15, -0.1) is 0 Å². The van der Waals surface area contributed by atoms with Gasteiger partial charge in [-0.3, -0.25) is 0 Å². The maximum Gasteiger partial charge on any atom is 0.341 e. The van der Waals surface area contributed by atoms with Gasteiger partial charge in [0.1, 0.15) is 11.4 Å². The van der Waals surface area contributed by atoms with Crippen LogP contribution in [0.15, 0.2) is 18.3 Å². The predicted octanol–water partition coefficient (Wildman–Crippen LogP) is 0.250. The Bertz CT molecular complexity index is 383. The molecule has 0 aromatic carbocycles. The maximum absolute atomic E-state index is 11.5. The Morgan fingerprint density at radius 2 is 2.33 bits per heavy atom. The lowest BCUT2D eigenvalue weighted by Gasteiger charge is -2.10. The van der Waals surface area contributed by atoms with Gasteiger partial charge in [0, 0.05) is 25.8 Å². The summed E-state index contributed by atoms with van der Waals surface area (Å²) in [6.07, 6.45) is 1.24. The highest BCUT2D eigenvalue weighted by Gasteiger charge is 2.11. The first kappa shape index (κ1) is 14.4. The summed E-state index contributed by atoms with van der Waals surface area (Å²) in [6, 6.07) is 3.34. The number of esters is 1. The van der Waals surface area contributed by atoms with Crippen LogP contribution < -0.4 is 10.6 Å². The van der Waals surface area contributed by atoms with E-state index >= 15 is 0 Å². The molecule has 0 spiro atoms. The molecule has 0 aliphatic carbocycles. The smallest absolute Gasteiger partial charge is 0.341 e. The monoisotopic (exact) mass is 253 g/mol. The van der Waals surface area contributed by atoms with Gasteiger partial charge in [-0.2, -0.15) is 0 Å². The van der Waals surface area contributed by atoms with Gasteiger partial charge in [0.05, 0.1) is 13.2 Å². The molecule has 0 radical (unpaired) electrons. The summed E-state index contributed by atoms with van der Waals surface area (Å²) in [5, 5.41) is 15.2. The third kappa shape index (κ3) is 4.68. The first-order chi connectivity index (χ1) is 8.65. The largest absolute Gasteiger partial charge is 0.465 e. The average molecular weight is 253 g/mol. The Hall–Kier alpha value is -1.66. The van der Waals surface area contributed by atoms with Crippen LogP contribution in [0.1, 0.15) is 17.3 Å². The molecule has 100 valence electrons. The molecule has 6 nitrogen and oxygen atoms in total. The molecular formula is C12H19N3O3. The number of anilines is 1. The zero-order valence-electron chi connectivity index (χ0n) is 10.6. The summed E-state index contributed by atoms with van der Waals surface area (Å²) in [7, 11) is 1.34. The van der Waals surface area contributed by atoms with E-state index in [1.807, 2.05) is 0 Å². The van der Waals surface area contributed by atoms with E-state index in [9.17, 15) is 4.79 Å². The summed E-state index contributed by atoms with van der Waals surface area (Å²) in [5.41, 5.74) is 0.413. The number of aromatic nitrogens is 1. The zero-order chi connectivity index (χ0) is 13.4. The second-order valence-electron chi connectivity index (χ2n) is 3.87. The molecule has 3 N–H and O–H groups in total. The fourth-order valence-corrected chi connectivity index (χ4v) is 1.40. The third-order valence-corrected chi connectivity index (χ3v) is 2.25. The first-order valence-corrected chi connectivity index (χ1v) is 5.81. The number of nitrogens with zero attached hydrogens (tertiary/aromatic N) is 1. The second-order valence-corrected chi connectivity index (χ2v) is 3.87. The average Bonchev–Trinajstić information content (AvgIpc) is 2.37. The number of rotatable bonds is 7. The Morgan fingerprint density at radius 1 is 1.56 bits per heavy atom. The highest BCUT2D eigenvalue weighted by Crippen LogP contribution is 2.11. The maximum atomic E-state index is 11.5. The topological polar surface area (TPSA) is 83.5 Å². The Labute approximate surface area is 106 Å². The number of aliphatic hydroxyl groups excluding tert-OH is 1. The van der Waals surface area contributed by atoms with Crippen molar-refractivity contribution in [3.63, 3.8) is 0 Å². The van der Waals surface area contributed by atoms with Gasteiger partial charge in [-0.05, 0) is 19.1 Å². The van der Waals surface area contributed by atoms with E-state index < -0.39 is 5.97 Å². The lowest BCUT2D eigenvalue weighted by atomic mass is 10.2. The van der Waals surface area contributed by atoms with Gasteiger partial charge in [-0.25, -0.2) is 9.78 Å². The number of hydrogen-bond donors (Lipinski definition) is 3. The zero-order valence-corrected chi connectivity index (χ0v) is 10.6. The highest BCUT2D eigenvalue weighted by atomic mass is 16.5. The molecule has 0 amide bonds. The third-order valence-electron chi connectivity index (χ3n) is 2.25. The van der Waals surface area contributed by atoms with Crippen molar-refractivity contribution in [2.24, 2.45) is 0 Å². The van der Waals surface area contributed by atoms with Crippen LogP contribution in [0.2, 0.25) is 0 Å². The van der Waals surface area contributed by atoms with E-state index in [2.05, 4.69) is 20.4 Å². The van der Waals surface area contributed by atoms with Gasteiger partial charge >= 0.3 is 5.97 Å². The van der Waals surface area contributed by atoms with Crippen LogP contribution in [0, 0.1) is 0 Å². The highest BCUT2D eigenvalue weighted by molar-refractivity contribution is 5.94. The number of carbonyl (C=O) groups excluding carboxylic acids is 1. The van der Waals surface area contributed by atoms with Crippen LogP contribution in [-0.4, -0.2) is 48.9 Å². The number of aliphatic hydroxyl groups is 1. The van der Waals surface area contributed by atoms with Crippen molar-refractivity contribution in [3.05, 3.63) is 23.9 Å². The normalized spacial score (nSPS) is 11.9. The molecule has 6 heteroatoms. The van der Waals surface area contributed by atoms with Crippen molar-refractivity contribution >= 4 is 11.8 Å². The summed E-state index contributed by atoms with van der Waals surface area (Å²) < 4.78 is 4.67. The molecular weight excluding hydrogens is 234 g/mol. The molecule has 1 heterocycles. The lowest BCUT2D eigenvalue weighted by molar-refractivity contribution is 0.0601. The van der Waals surface area contributed by atoms with Gasteiger partial charge in [-0.1, -0.05) is 0 Å². The minimum atomic E-state index is -0.414. The molecule has 18 heavy (non-hydrogen) atoms. The van der Waals surface area contributed by atoms with Crippen LogP contribution in [-0.2, 0) is 4.74 Å². The summed E-state index contributed by atoms with van der Waals surface area (Å²) in [5.74, 6) is 0.0886. The van der Waals surface area contributed by atoms with E-state index in [0.717, 1.165) is 0 Å². The Kier molecular flexibility index (Phi) is 6.10. The van der Waals surface area contributed by atoms with Gasteiger partial charge in [0.15, 0.2) is 0 Å². The second kappa shape index (κ2) is 7.62. The van der Waals surface area contributed by atoms with E-state index in [4.69, 9.17) is 5.11 Å². The minimum absolute atomic E-state index is 0.370. The molecule has 1 atom stereocenters. The first-order valence-electron chi connectivity index (χ1n) is 5.81. The van der Waals surface area contributed by atoms with Gasteiger partial charge in [0.25, 0.3) is 0 Å². The van der Waals surface area contributed by atoms with Crippen molar-refractivity contribution in [2.75, 3.05) is 32.1 Å². The number of hydrogen-bond acceptors (Lipinski definition) is 6. The SMILES string of the molecule is COC(=O)c1cccnc1NCCNCC(C)O. The van der Waals surface area contributed by atoms with Crippen molar-refractivity contribution < 1.29 is 14.6 Å². The summed E-state index contributed by atoms with van der Waals surface area (Å²) in [4.78, 5) is 15.6. The van der Waals surface area contributed by atoms with E-state index in [-0.39, 0.29) is 6.10 Å². The van der Waals surface area contributed by atoms with Gasteiger partial charge in [0.2, 0.25) is 0 Å². The summed E-state index contributed by atoms with van der Waals surface area (Å²) in [6.45, 7) is 3.53. The number of methoxy groups -OCH3 is 1. The molecule has 0 aliphatic rings. The quantitative estimate of drug-likeness (QED) is 0.477. The fraction of sp³-hybridized carbons (Fsp3) is 0.500. The fourth-order valence-electron chi connectivity index (χ4n) is 1.40. The van der Waals surface area contributed by atoms with Crippen molar-refractivity contribution in [2.45, 2.75) is 13.0 Å². The van der Waals surface area contributed by atoms with Crippen molar-refractivity contribution in [3.8, 4) is 0 Å². The Balaban J connectivity index is 2.44. The van der Waals surface area contributed by atoms with Crippen LogP contribution >= 0.6 is 0 Å². The molecule has 1 aromatic rings. The van der Waals surface area contributed by atoms with Crippen molar-refractivity contribution in [1.82, 2.24) is 10.3 Å². The summed E-state index contributed by atoms with van der Waals surface area (Å²) >= 11 is 0. The molecule has 0 saturated heterocycles. The number of pyridine rings is 1. The predicted molar refractivity (Wildman–Crippen MR) is 68.6 cm³/mol. The number of nitrogens with one attached hydrogen (secondary N) is 2. The molecule has 0 saturated carbocycles. The van der Waals surface area contributed by atoms with Crippen LogP contribution in [0.4, 0.5) is 5.82 Å². The van der Waals surface area contributed by atoms with Crippen molar-refractivity contribution in [1.29, 1.82) is 0 Å². The van der Waals surface area contributed by atoms with Crippen LogP contribution in [0.3, 0.4) is 0 Å². The molecule has 0 bridgehead atoms. The van der Waals surface area contributed by atoms with E-state index in [1.54, 1.807) is 25.3 Å². The molecule has 1 rings (SSSR count). The Morgan fingerprint density at radius 3 is 3.00 bits per heavy atom. The number of carbonyl (C=O) groups is 1. The van der Waals surface area contributed by atoms with Gasteiger partial charge < -0.3 is 20.5 Å². The minimum Gasteiger partial charge on any atom is -0.465 e. The van der Waals surface area contributed by atoms with Crippen LogP contribution in [0.5, 0.6) is 0 Å². The molecule has 0 fully saturated rings. The molecule has 1 aromatic heterocycles. The standard InChI is InChI=1S/C12H19N3O3/c1-9(16)8-13-6-7-15-11-10(12(17)18-2)4-3-5-14-11/h3-5,9,13,16H,6-8H2,1-2H3,(H,14,15).